The van der Waals surface area contributed by atoms with Crippen molar-refractivity contribution in [3.8, 4) is 5.75 Å². The number of fused-ring (bicyclic) bond motifs is 1. The number of hydrogen-bond acceptors (Lipinski definition) is 2. The predicted molar refractivity (Wildman–Crippen MR) is 51.2 cm³/mol. The molecule has 0 saturated carbocycles. The van der Waals surface area contributed by atoms with Crippen LogP contribution in [-0.2, 0) is 0 Å². The molecular formula is C10H12N2O. The molecule has 3 nitrogen and oxygen atoms in total. The van der Waals surface area contributed by atoms with E-state index < -0.39 is 0 Å². The Balaban J connectivity index is 2.88. The van der Waals surface area contributed by atoms with Gasteiger partial charge in [-0.15, -0.1) is 0 Å². The fraction of sp³-hybridized carbons (Fsp3) is 0.300. The number of nitrogens with zero attached hydrogens (tertiary/aromatic N) is 2. The molecule has 0 N–H and O–H groups in total. The Morgan fingerprint density at radius 2 is 2.08 bits per heavy atom. The molecular weight excluding hydrogens is 164 g/mol. The molecule has 2 aromatic heterocycles. The number of ether oxygens (including phenoxy) is 1. The van der Waals surface area contributed by atoms with Crippen LogP contribution in [0.2, 0.25) is 0 Å². The molecule has 0 atom stereocenters. The molecule has 13 heavy (non-hydrogen) atoms. The molecule has 0 aliphatic carbocycles. The van der Waals surface area contributed by atoms with E-state index in [0.29, 0.717) is 0 Å². The monoisotopic (exact) mass is 176 g/mol. The highest BCUT2D eigenvalue weighted by atomic mass is 16.5. The average molecular weight is 176 g/mol. The van der Waals surface area contributed by atoms with Crippen molar-refractivity contribution in [2.75, 3.05) is 7.11 Å². The van der Waals surface area contributed by atoms with Gasteiger partial charge in [0.1, 0.15) is 11.3 Å². The van der Waals surface area contributed by atoms with Gasteiger partial charge >= 0.3 is 0 Å². The summed E-state index contributed by atoms with van der Waals surface area (Å²) >= 11 is 0. The molecule has 0 aliphatic heterocycles. The van der Waals surface area contributed by atoms with Crippen LogP contribution < -0.4 is 4.74 Å². The Hall–Kier alpha value is -1.51. The van der Waals surface area contributed by atoms with Crippen molar-refractivity contribution < 1.29 is 4.74 Å². The molecule has 0 radical (unpaired) electrons. The average Bonchev–Trinajstić information content (AvgIpc) is 2.49. The van der Waals surface area contributed by atoms with Crippen molar-refractivity contribution in [1.29, 1.82) is 0 Å². The van der Waals surface area contributed by atoms with E-state index in [1.165, 1.54) is 0 Å². The minimum atomic E-state index is 0.914. The third-order valence-electron chi connectivity index (χ3n) is 2.22. The van der Waals surface area contributed by atoms with Gasteiger partial charge in [0.05, 0.1) is 13.3 Å². The second-order valence-electron chi connectivity index (χ2n) is 3.15. The second-order valence-corrected chi connectivity index (χ2v) is 3.15. The largest absolute Gasteiger partial charge is 0.494 e. The molecule has 0 fully saturated rings. The van der Waals surface area contributed by atoms with Crippen molar-refractivity contribution in [2.24, 2.45) is 0 Å². The zero-order valence-electron chi connectivity index (χ0n) is 8.03. The van der Waals surface area contributed by atoms with Crippen LogP contribution in [0.5, 0.6) is 5.75 Å². The summed E-state index contributed by atoms with van der Waals surface area (Å²) in [5.74, 6) is 0.914. The topological polar surface area (TPSA) is 26.5 Å². The first-order valence-corrected chi connectivity index (χ1v) is 4.21. The number of pyridine rings is 1. The van der Waals surface area contributed by atoms with E-state index in [4.69, 9.17) is 4.74 Å². The van der Waals surface area contributed by atoms with E-state index in [1.807, 2.05) is 36.8 Å². The summed E-state index contributed by atoms with van der Waals surface area (Å²) in [5.41, 5.74) is 3.33. The van der Waals surface area contributed by atoms with Gasteiger partial charge < -0.3 is 4.74 Å². The Morgan fingerprint density at radius 1 is 1.31 bits per heavy atom. The first kappa shape index (κ1) is 8.10. The second kappa shape index (κ2) is 2.76. The lowest BCUT2D eigenvalue weighted by Crippen LogP contribution is -1.94. The summed E-state index contributed by atoms with van der Waals surface area (Å²) in [5, 5.41) is 4.20. The predicted octanol–water partition coefficient (Wildman–Crippen LogP) is 1.96. The van der Waals surface area contributed by atoms with Gasteiger partial charge in [-0.25, -0.2) is 4.52 Å². The van der Waals surface area contributed by atoms with Gasteiger partial charge in [0.25, 0.3) is 0 Å². The Kier molecular flexibility index (Phi) is 1.72. The molecule has 0 aromatic carbocycles. The van der Waals surface area contributed by atoms with Gasteiger partial charge in [-0.1, -0.05) is 0 Å². The Bertz CT molecular complexity index is 445. The first-order valence-electron chi connectivity index (χ1n) is 4.21. The summed E-state index contributed by atoms with van der Waals surface area (Å²) in [6.07, 6.45) is 3.79. The highest BCUT2D eigenvalue weighted by Gasteiger charge is 2.08. The summed E-state index contributed by atoms with van der Waals surface area (Å²) in [7, 11) is 1.69. The van der Waals surface area contributed by atoms with Crippen LogP contribution in [-0.4, -0.2) is 16.7 Å². The van der Waals surface area contributed by atoms with E-state index in [-0.39, 0.29) is 0 Å². The highest BCUT2D eigenvalue weighted by Crippen LogP contribution is 2.26. The Morgan fingerprint density at radius 3 is 2.77 bits per heavy atom. The molecule has 0 bridgehead atoms. The van der Waals surface area contributed by atoms with E-state index >= 15 is 0 Å². The fourth-order valence-corrected chi connectivity index (χ4v) is 1.55. The molecule has 0 spiro atoms. The van der Waals surface area contributed by atoms with E-state index in [0.717, 1.165) is 22.4 Å². The van der Waals surface area contributed by atoms with Gasteiger partial charge in [-0.2, -0.15) is 5.10 Å². The van der Waals surface area contributed by atoms with Crippen LogP contribution in [0.15, 0.2) is 18.5 Å². The van der Waals surface area contributed by atoms with E-state index in [1.54, 1.807) is 7.11 Å². The van der Waals surface area contributed by atoms with Crippen LogP contribution in [0.3, 0.4) is 0 Å². The number of aryl methyl sites for hydroxylation is 2. The van der Waals surface area contributed by atoms with E-state index in [9.17, 15) is 0 Å². The van der Waals surface area contributed by atoms with Gasteiger partial charge in [0.15, 0.2) is 0 Å². The molecule has 2 aromatic rings. The number of methoxy groups -OCH3 is 1. The molecule has 0 saturated heterocycles. The van der Waals surface area contributed by atoms with Crippen molar-refractivity contribution in [1.82, 2.24) is 9.61 Å². The lowest BCUT2D eigenvalue weighted by Gasteiger charge is -2.06. The van der Waals surface area contributed by atoms with Crippen molar-refractivity contribution >= 4 is 5.52 Å². The van der Waals surface area contributed by atoms with Gasteiger partial charge in [-0.3, -0.25) is 0 Å². The van der Waals surface area contributed by atoms with Crippen LogP contribution in [0.25, 0.3) is 5.52 Å². The maximum Gasteiger partial charge on any atom is 0.147 e. The SMILES string of the molecule is COc1c(C)ccn2ncc(C)c12. The van der Waals surface area contributed by atoms with Gasteiger partial charge in [0.2, 0.25) is 0 Å². The van der Waals surface area contributed by atoms with Gasteiger partial charge in [-0.05, 0) is 31.0 Å². The normalized spacial score (nSPS) is 10.7. The number of hydrogen-bond donors (Lipinski definition) is 0. The smallest absolute Gasteiger partial charge is 0.147 e. The highest BCUT2D eigenvalue weighted by molar-refractivity contribution is 5.66. The van der Waals surface area contributed by atoms with Crippen molar-refractivity contribution in [3.05, 3.63) is 29.6 Å². The first-order chi connectivity index (χ1) is 6.24. The molecule has 3 heteroatoms. The standard InChI is InChI=1S/C10H12N2O/c1-7-4-5-12-9(10(7)13-3)8(2)6-11-12/h4-6H,1-3H3. The zero-order chi connectivity index (χ0) is 9.42. The minimum Gasteiger partial charge on any atom is -0.494 e. The summed E-state index contributed by atoms with van der Waals surface area (Å²) in [4.78, 5) is 0. The molecule has 0 amide bonds. The third-order valence-corrected chi connectivity index (χ3v) is 2.22. The number of rotatable bonds is 1. The molecule has 68 valence electrons. The quantitative estimate of drug-likeness (QED) is 0.664. The molecule has 2 heterocycles. The van der Waals surface area contributed by atoms with Crippen LogP contribution in [0.1, 0.15) is 11.1 Å². The minimum absolute atomic E-state index is 0.914. The third kappa shape index (κ3) is 1.08. The zero-order valence-corrected chi connectivity index (χ0v) is 8.03. The fourth-order valence-electron chi connectivity index (χ4n) is 1.55. The molecule has 0 aliphatic rings. The maximum atomic E-state index is 5.34. The van der Waals surface area contributed by atoms with Crippen LogP contribution in [0.4, 0.5) is 0 Å². The summed E-state index contributed by atoms with van der Waals surface area (Å²) < 4.78 is 7.17. The maximum absolute atomic E-state index is 5.34. The lowest BCUT2D eigenvalue weighted by molar-refractivity contribution is 0.414. The van der Waals surface area contributed by atoms with Crippen LogP contribution >= 0.6 is 0 Å². The number of aromatic nitrogens is 2. The molecule has 2 rings (SSSR count). The lowest BCUT2D eigenvalue weighted by atomic mass is 10.2. The summed E-state index contributed by atoms with van der Waals surface area (Å²) in [6, 6.07) is 2.00. The Labute approximate surface area is 76.9 Å². The van der Waals surface area contributed by atoms with Crippen LogP contribution in [0, 0.1) is 13.8 Å². The van der Waals surface area contributed by atoms with Crippen molar-refractivity contribution in [3.63, 3.8) is 0 Å². The van der Waals surface area contributed by atoms with Gasteiger partial charge in [0, 0.05) is 6.20 Å². The van der Waals surface area contributed by atoms with E-state index in [2.05, 4.69) is 5.10 Å². The van der Waals surface area contributed by atoms with Crippen molar-refractivity contribution in [2.45, 2.75) is 13.8 Å². The summed E-state index contributed by atoms with van der Waals surface area (Å²) in [6.45, 7) is 4.07. The molecule has 0 unspecified atom stereocenters.